The summed E-state index contributed by atoms with van der Waals surface area (Å²) in [4.78, 5) is 0. The maximum absolute atomic E-state index is 11.5. The standard InChI is InChI=1S/C12H12Cl2N2O3S/c1-15-20(17,18)11-6-5-8(19-11)7-16-10-4-2-3-9(13)12(10)14/h2-6,15-16H,7H2,1H3. The van der Waals surface area contributed by atoms with Crippen LogP contribution in [0.3, 0.4) is 0 Å². The van der Waals surface area contributed by atoms with Gasteiger partial charge in [-0.15, -0.1) is 0 Å². The van der Waals surface area contributed by atoms with E-state index in [0.29, 0.717) is 28.0 Å². The molecule has 0 saturated carbocycles. The molecule has 0 fully saturated rings. The number of benzene rings is 1. The van der Waals surface area contributed by atoms with Gasteiger partial charge in [0.25, 0.3) is 10.0 Å². The average Bonchev–Trinajstić information content (AvgIpc) is 2.90. The number of anilines is 1. The van der Waals surface area contributed by atoms with Crippen LogP contribution >= 0.6 is 23.2 Å². The van der Waals surface area contributed by atoms with Gasteiger partial charge in [0.05, 0.1) is 22.3 Å². The molecule has 0 atom stereocenters. The van der Waals surface area contributed by atoms with Crippen LogP contribution in [0, 0.1) is 0 Å². The zero-order valence-electron chi connectivity index (χ0n) is 10.5. The first-order valence-electron chi connectivity index (χ1n) is 5.64. The minimum Gasteiger partial charge on any atom is -0.446 e. The third-order valence-corrected chi connectivity index (χ3v) is 4.68. The van der Waals surface area contributed by atoms with Gasteiger partial charge >= 0.3 is 0 Å². The van der Waals surface area contributed by atoms with Crippen molar-refractivity contribution < 1.29 is 12.8 Å². The maximum atomic E-state index is 11.5. The van der Waals surface area contributed by atoms with Crippen molar-refractivity contribution in [3.05, 3.63) is 46.1 Å². The van der Waals surface area contributed by atoms with E-state index >= 15 is 0 Å². The van der Waals surface area contributed by atoms with Crippen LogP contribution in [0.4, 0.5) is 5.69 Å². The number of hydrogen-bond acceptors (Lipinski definition) is 4. The molecule has 0 saturated heterocycles. The molecule has 0 spiro atoms. The number of halogens is 2. The van der Waals surface area contributed by atoms with Crippen molar-refractivity contribution in [2.45, 2.75) is 11.6 Å². The Bertz CT molecular complexity index is 713. The van der Waals surface area contributed by atoms with E-state index in [-0.39, 0.29) is 5.09 Å². The maximum Gasteiger partial charge on any atom is 0.273 e. The van der Waals surface area contributed by atoms with E-state index in [4.69, 9.17) is 27.6 Å². The number of rotatable bonds is 5. The second kappa shape index (κ2) is 6.05. The lowest BCUT2D eigenvalue weighted by Gasteiger charge is -2.07. The van der Waals surface area contributed by atoms with Gasteiger partial charge in [-0.05, 0) is 31.3 Å². The molecular formula is C12H12Cl2N2O3S. The van der Waals surface area contributed by atoms with Crippen LogP contribution in [0.25, 0.3) is 0 Å². The van der Waals surface area contributed by atoms with E-state index in [1.165, 1.54) is 13.1 Å². The summed E-state index contributed by atoms with van der Waals surface area (Å²) in [7, 11) is -2.25. The van der Waals surface area contributed by atoms with Crippen LogP contribution in [0.1, 0.15) is 5.76 Å². The second-order valence-electron chi connectivity index (χ2n) is 3.88. The highest BCUT2D eigenvalue weighted by molar-refractivity contribution is 7.89. The molecule has 0 bridgehead atoms. The Morgan fingerprint density at radius 2 is 1.95 bits per heavy atom. The van der Waals surface area contributed by atoms with Crippen molar-refractivity contribution in [2.24, 2.45) is 0 Å². The third kappa shape index (κ3) is 3.27. The van der Waals surface area contributed by atoms with Crippen LogP contribution in [0.15, 0.2) is 39.8 Å². The lowest BCUT2D eigenvalue weighted by Crippen LogP contribution is -2.17. The summed E-state index contributed by atoms with van der Waals surface area (Å²) in [5.74, 6) is 0.467. The molecule has 1 heterocycles. The van der Waals surface area contributed by atoms with E-state index in [1.54, 1.807) is 24.3 Å². The van der Waals surface area contributed by atoms with Gasteiger partial charge in [0, 0.05) is 0 Å². The summed E-state index contributed by atoms with van der Waals surface area (Å²) in [6.45, 7) is 0.291. The van der Waals surface area contributed by atoms with Crippen molar-refractivity contribution >= 4 is 38.9 Å². The van der Waals surface area contributed by atoms with Gasteiger partial charge in [-0.25, -0.2) is 13.1 Å². The first-order valence-corrected chi connectivity index (χ1v) is 7.88. The fraction of sp³-hybridized carbons (Fsp3) is 0.167. The lowest BCUT2D eigenvalue weighted by atomic mass is 10.3. The lowest BCUT2D eigenvalue weighted by molar-refractivity contribution is 0.417. The molecule has 20 heavy (non-hydrogen) atoms. The normalized spacial score (nSPS) is 11.6. The molecule has 8 heteroatoms. The molecule has 0 aliphatic rings. The Kier molecular flexibility index (Phi) is 4.59. The molecule has 2 N–H and O–H groups in total. The van der Waals surface area contributed by atoms with Crippen molar-refractivity contribution in [2.75, 3.05) is 12.4 Å². The van der Waals surface area contributed by atoms with Crippen LogP contribution < -0.4 is 10.0 Å². The van der Waals surface area contributed by atoms with E-state index < -0.39 is 10.0 Å². The predicted molar refractivity (Wildman–Crippen MR) is 78.7 cm³/mol. The van der Waals surface area contributed by atoms with Crippen molar-refractivity contribution in [1.82, 2.24) is 4.72 Å². The van der Waals surface area contributed by atoms with Crippen molar-refractivity contribution in [3.63, 3.8) is 0 Å². The van der Waals surface area contributed by atoms with E-state index in [1.807, 2.05) is 0 Å². The first-order chi connectivity index (χ1) is 9.44. The van der Waals surface area contributed by atoms with Crippen LogP contribution in [0.5, 0.6) is 0 Å². The molecule has 108 valence electrons. The third-order valence-electron chi connectivity index (χ3n) is 2.58. The molecule has 1 aromatic heterocycles. The molecule has 0 radical (unpaired) electrons. The first kappa shape index (κ1) is 15.2. The monoisotopic (exact) mass is 334 g/mol. The predicted octanol–water partition coefficient (Wildman–Crippen LogP) is 3.11. The summed E-state index contributed by atoms with van der Waals surface area (Å²) in [5, 5.41) is 3.74. The topological polar surface area (TPSA) is 71.3 Å². The molecule has 0 amide bonds. The quantitative estimate of drug-likeness (QED) is 0.881. The molecule has 0 aliphatic carbocycles. The fourth-order valence-electron chi connectivity index (χ4n) is 1.52. The highest BCUT2D eigenvalue weighted by atomic mass is 35.5. The van der Waals surface area contributed by atoms with Gasteiger partial charge in [-0.2, -0.15) is 0 Å². The summed E-state index contributed by atoms with van der Waals surface area (Å²) in [6.07, 6.45) is 0. The highest BCUT2D eigenvalue weighted by Gasteiger charge is 2.16. The van der Waals surface area contributed by atoms with Crippen LogP contribution in [0.2, 0.25) is 10.0 Å². The Morgan fingerprint density at radius 3 is 2.65 bits per heavy atom. The summed E-state index contributed by atoms with van der Waals surface area (Å²) in [5.41, 5.74) is 0.647. The Labute approximate surface area is 126 Å². The Morgan fingerprint density at radius 1 is 1.20 bits per heavy atom. The van der Waals surface area contributed by atoms with Crippen LogP contribution in [-0.4, -0.2) is 15.5 Å². The zero-order valence-corrected chi connectivity index (χ0v) is 12.8. The molecule has 5 nitrogen and oxygen atoms in total. The molecule has 0 aliphatic heterocycles. The minimum atomic E-state index is -3.57. The Balaban J connectivity index is 2.11. The number of hydrogen-bond donors (Lipinski definition) is 2. The van der Waals surface area contributed by atoms with Crippen molar-refractivity contribution in [3.8, 4) is 0 Å². The van der Waals surface area contributed by atoms with Gasteiger partial charge in [0.2, 0.25) is 5.09 Å². The number of furan rings is 1. The molecule has 2 rings (SSSR count). The largest absolute Gasteiger partial charge is 0.446 e. The molecule has 2 aromatic rings. The SMILES string of the molecule is CNS(=O)(=O)c1ccc(CNc2cccc(Cl)c2Cl)o1. The van der Waals surface area contributed by atoms with Gasteiger partial charge in [0.15, 0.2) is 0 Å². The van der Waals surface area contributed by atoms with Gasteiger partial charge < -0.3 is 9.73 Å². The summed E-state index contributed by atoms with van der Waals surface area (Å²) in [6, 6.07) is 8.18. The summed E-state index contributed by atoms with van der Waals surface area (Å²) < 4.78 is 30.5. The smallest absolute Gasteiger partial charge is 0.273 e. The minimum absolute atomic E-state index is 0.131. The zero-order chi connectivity index (χ0) is 14.8. The van der Waals surface area contributed by atoms with E-state index in [0.717, 1.165) is 0 Å². The average molecular weight is 335 g/mol. The molecule has 0 unspecified atom stereocenters. The number of sulfonamides is 1. The van der Waals surface area contributed by atoms with Gasteiger partial charge in [-0.1, -0.05) is 29.3 Å². The van der Waals surface area contributed by atoms with E-state index in [9.17, 15) is 8.42 Å². The molecular weight excluding hydrogens is 323 g/mol. The fourth-order valence-corrected chi connectivity index (χ4v) is 2.55. The van der Waals surface area contributed by atoms with Crippen molar-refractivity contribution in [1.29, 1.82) is 0 Å². The Hall–Kier alpha value is -1.21. The number of nitrogens with one attached hydrogen (secondary N) is 2. The summed E-state index contributed by atoms with van der Waals surface area (Å²) >= 11 is 11.9. The van der Waals surface area contributed by atoms with Gasteiger partial charge in [0.1, 0.15) is 5.76 Å². The molecule has 1 aromatic carbocycles. The van der Waals surface area contributed by atoms with Gasteiger partial charge in [-0.3, -0.25) is 0 Å². The van der Waals surface area contributed by atoms with E-state index in [2.05, 4.69) is 10.0 Å². The van der Waals surface area contributed by atoms with Crippen LogP contribution in [-0.2, 0) is 16.6 Å². The highest BCUT2D eigenvalue weighted by Crippen LogP contribution is 2.29. The second-order valence-corrected chi connectivity index (χ2v) is 6.49.